The van der Waals surface area contributed by atoms with Crippen molar-refractivity contribution < 1.29 is 17.9 Å². The van der Waals surface area contributed by atoms with Gasteiger partial charge in [0.25, 0.3) is 15.9 Å². The molecule has 1 amide bonds. The lowest BCUT2D eigenvalue weighted by Crippen LogP contribution is -2.30. The fraction of sp³-hybridized carbons (Fsp3) is 0.208. The van der Waals surface area contributed by atoms with E-state index in [1.54, 1.807) is 25.1 Å². The zero-order valence-electron chi connectivity index (χ0n) is 18.3. The molecule has 0 bridgehead atoms. The third-order valence-corrected chi connectivity index (χ3v) is 6.89. The van der Waals surface area contributed by atoms with Crippen molar-refractivity contribution >= 4 is 38.9 Å². The van der Waals surface area contributed by atoms with Crippen molar-refractivity contribution in [3.63, 3.8) is 0 Å². The van der Waals surface area contributed by atoms with Gasteiger partial charge in [0.15, 0.2) is 6.10 Å². The molecule has 0 aromatic heterocycles. The second-order valence-corrected chi connectivity index (χ2v) is 9.63. The molecule has 0 heterocycles. The molecule has 0 aliphatic carbocycles. The van der Waals surface area contributed by atoms with Gasteiger partial charge in [-0.25, -0.2) is 8.42 Å². The van der Waals surface area contributed by atoms with Crippen LogP contribution in [0.25, 0.3) is 0 Å². The average molecular weight is 473 g/mol. The van der Waals surface area contributed by atoms with E-state index in [9.17, 15) is 13.2 Å². The molecule has 0 saturated carbocycles. The number of nitrogens with one attached hydrogen (secondary N) is 2. The molecule has 0 fully saturated rings. The lowest BCUT2D eigenvalue weighted by atomic mass is 10.1. The summed E-state index contributed by atoms with van der Waals surface area (Å²) in [4.78, 5) is 12.6. The van der Waals surface area contributed by atoms with Gasteiger partial charge in [0, 0.05) is 10.7 Å². The summed E-state index contributed by atoms with van der Waals surface area (Å²) in [5.74, 6) is 0.310. The van der Waals surface area contributed by atoms with Crippen molar-refractivity contribution in [2.45, 2.75) is 38.7 Å². The number of halogens is 1. The largest absolute Gasteiger partial charge is 0.481 e. The lowest BCUT2D eigenvalue weighted by molar-refractivity contribution is -0.122. The molecule has 3 aromatic rings. The molecule has 32 heavy (non-hydrogen) atoms. The monoisotopic (exact) mass is 472 g/mol. The fourth-order valence-corrected chi connectivity index (χ4v) is 4.16. The standard InChI is InChI=1S/C24H25ClN2O4S/c1-15-6-5-7-23(17(15)3)31-18(4)24(28)26-19-10-12-21(13-11-19)32(29,30)27-20-9-8-16(2)22(25)14-20/h5-14,18,27H,1-4H3,(H,26,28)/t18-/m0/s1. The number of benzene rings is 3. The number of carbonyl (C=O) groups is 1. The minimum absolute atomic E-state index is 0.0619. The van der Waals surface area contributed by atoms with Gasteiger partial charge < -0.3 is 10.1 Å². The van der Waals surface area contributed by atoms with Gasteiger partial charge in [-0.05, 0) is 86.8 Å². The van der Waals surface area contributed by atoms with Crippen LogP contribution in [-0.4, -0.2) is 20.4 Å². The normalized spacial score (nSPS) is 12.2. The van der Waals surface area contributed by atoms with Crippen molar-refractivity contribution in [1.29, 1.82) is 0 Å². The lowest BCUT2D eigenvalue weighted by Gasteiger charge is -2.17. The Morgan fingerprint density at radius 1 is 0.938 bits per heavy atom. The molecule has 0 radical (unpaired) electrons. The van der Waals surface area contributed by atoms with Crippen LogP contribution in [-0.2, 0) is 14.8 Å². The van der Waals surface area contributed by atoms with E-state index < -0.39 is 16.1 Å². The minimum atomic E-state index is -3.80. The summed E-state index contributed by atoms with van der Waals surface area (Å²) in [6, 6.07) is 16.5. The van der Waals surface area contributed by atoms with E-state index in [1.807, 2.05) is 39.0 Å². The van der Waals surface area contributed by atoms with Gasteiger partial charge in [0.1, 0.15) is 5.75 Å². The zero-order valence-corrected chi connectivity index (χ0v) is 19.8. The third-order valence-electron chi connectivity index (χ3n) is 5.08. The topological polar surface area (TPSA) is 84.5 Å². The van der Waals surface area contributed by atoms with Gasteiger partial charge in [-0.15, -0.1) is 0 Å². The van der Waals surface area contributed by atoms with Gasteiger partial charge in [-0.1, -0.05) is 29.8 Å². The molecule has 8 heteroatoms. The highest BCUT2D eigenvalue weighted by Crippen LogP contribution is 2.24. The van der Waals surface area contributed by atoms with Crippen LogP contribution < -0.4 is 14.8 Å². The molecule has 2 N–H and O–H groups in total. The Morgan fingerprint density at radius 3 is 2.25 bits per heavy atom. The molecule has 3 rings (SSSR count). The predicted octanol–water partition coefficient (Wildman–Crippen LogP) is 5.47. The molecule has 3 aromatic carbocycles. The van der Waals surface area contributed by atoms with Crippen LogP contribution in [0.5, 0.6) is 5.75 Å². The Hall–Kier alpha value is -3.03. The Labute approximate surface area is 193 Å². The summed E-state index contributed by atoms with van der Waals surface area (Å²) in [5.41, 5.74) is 3.74. The van der Waals surface area contributed by atoms with Gasteiger partial charge in [0.2, 0.25) is 0 Å². The van der Waals surface area contributed by atoms with Gasteiger partial charge in [-0.3, -0.25) is 9.52 Å². The number of sulfonamides is 1. The zero-order chi connectivity index (χ0) is 23.5. The molecule has 0 saturated heterocycles. The Kier molecular flexibility index (Phi) is 7.11. The highest BCUT2D eigenvalue weighted by atomic mass is 35.5. The maximum atomic E-state index is 12.6. The molecule has 6 nitrogen and oxygen atoms in total. The Balaban J connectivity index is 1.66. The summed E-state index contributed by atoms with van der Waals surface area (Å²) in [6.07, 6.45) is -0.730. The van der Waals surface area contributed by atoms with Crippen LogP contribution >= 0.6 is 11.6 Å². The van der Waals surface area contributed by atoms with E-state index in [-0.39, 0.29) is 10.8 Å². The number of ether oxygens (including phenoxy) is 1. The number of anilines is 2. The summed E-state index contributed by atoms with van der Waals surface area (Å²) in [6.45, 7) is 7.41. The number of aryl methyl sites for hydroxylation is 2. The molecule has 168 valence electrons. The van der Waals surface area contributed by atoms with Crippen molar-refractivity contribution in [2.75, 3.05) is 10.0 Å². The second kappa shape index (κ2) is 9.63. The van der Waals surface area contributed by atoms with Crippen LogP contribution in [0.3, 0.4) is 0 Å². The van der Waals surface area contributed by atoms with E-state index in [4.69, 9.17) is 16.3 Å². The van der Waals surface area contributed by atoms with E-state index in [0.717, 1.165) is 16.7 Å². The van der Waals surface area contributed by atoms with Crippen LogP contribution in [0.15, 0.2) is 65.6 Å². The first kappa shape index (κ1) is 23.6. The van der Waals surface area contributed by atoms with E-state index in [0.29, 0.717) is 22.1 Å². The van der Waals surface area contributed by atoms with Crippen molar-refractivity contribution in [2.24, 2.45) is 0 Å². The van der Waals surface area contributed by atoms with Crippen LogP contribution in [0.4, 0.5) is 11.4 Å². The van der Waals surface area contributed by atoms with E-state index in [2.05, 4.69) is 10.0 Å². The van der Waals surface area contributed by atoms with Gasteiger partial charge >= 0.3 is 0 Å². The quantitative estimate of drug-likeness (QED) is 0.477. The predicted molar refractivity (Wildman–Crippen MR) is 128 cm³/mol. The molecule has 1 atom stereocenters. The Bertz CT molecular complexity index is 1240. The van der Waals surface area contributed by atoms with Crippen molar-refractivity contribution in [3.05, 3.63) is 82.4 Å². The fourth-order valence-electron chi connectivity index (χ4n) is 2.93. The second-order valence-electron chi connectivity index (χ2n) is 7.54. The first-order chi connectivity index (χ1) is 15.1. The van der Waals surface area contributed by atoms with Gasteiger partial charge in [-0.2, -0.15) is 0 Å². The number of hydrogen-bond donors (Lipinski definition) is 2. The molecule has 0 aliphatic rings. The first-order valence-electron chi connectivity index (χ1n) is 9.99. The van der Waals surface area contributed by atoms with Crippen LogP contribution in [0, 0.1) is 20.8 Å². The van der Waals surface area contributed by atoms with Crippen LogP contribution in [0.1, 0.15) is 23.6 Å². The molecule has 0 spiro atoms. The molecular formula is C24H25ClN2O4S. The number of hydrogen-bond acceptors (Lipinski definition) is 4. The van der Waals surface area contributed by atoms with Crippen molar-refractivity contribution in [1.82, 2.24) is 0 Å². The smallest absolute Gasteiger partial charge is 0.265 e. The number of amides is 1. The number of carbonyl (C=O) groups excluding carboxylic acids is 1. The third kappa shape index (κ3) is 5.60. The van der Waals surface area contributed by atoms with Gasteiger partial charge in [0.05, 0.1) is 10.6 Å². The summed E-state index contributed by atoms with van der Waals surface area (Å²) in [5, 5.41) is 3.21. The Morgan fingerprint density at radius 2 is 1.59 bits per heavy atom. The first-order valence-corrected chi connectivity index (χ1v) is 11.9. The SMILES string of the molecule is Cc1ccc(NS(=O)(=O)c2ccc(NC(=O)[C@H](C)Oc3cccc(C)c3C)cc2)cc1Cl. The minimum Gasteiger partial charge on any atom is -0.481 e. The summed E-state index contributed by atoms with van der Waals surface area (Å²) in [7, 11) is -3.80. The summed E-state index contributed by atoms with van der Waals surface area (Å²) < 4.78 is 33.6. The average Bonchev–Trinajstić information content (AvgIpc) is 2.74. The number of rotatable bonds is 7. The summed E-state index contributed by atoms with van der Waals surface area (Å²) >= 11 is 6.07. The van der Waals surface area contributed by atoms with Crippen molar-refractivity contribution in [3.8, 4) is 5.75 Å². The molecular weight excluding hydrogens is 448 g/mol. The highest BCUT2D eigenvalue weighted by molar-refractivity contribution is 7.92. The molecule has 0 unspecified atom stereocenters. The highest BCUT2D eigenvalue weighted by Gasteiger charge is 2.18. The van der Waals surface area contributed by atoms with E-state index in [1.165, 1.54) is 24.3 Å². The maximum Gasteiger partial charge on any atom is 0.265 e. The van der Waals surface area contributed by atoms with E-state index >= 15 is 0 Å². The van der Waals surface area contributed by atoms with Crippen LogP contribution in [0.2, 0.25) is 5.02 Å². The molecule has 0 aliphatic heterocycles. The maximum absolute atomic E-state index is 12.6.